The summed E-state index contributed by atoms with van der Waals surface area (Å²) in [6.07, 6.45) is 2.45. The van der Waals surface area contributed by atoms with Crippen LogP contribution >= 0.6 is 0 Å². The Balaban J connectivity index is 2.08. The van der Waals surface area contributed by atoms with E-state index in [9.17, 15) is 0 Å². The molecular weight excluding hydrogens is 238 g/mol. The number of methoxy groups -OCH3 is 1. The van der Waals surface area contributed by atoms with Gasteiger partial charge in [0.25, 0.3) is 0 Å². The number of nitrogens with zero attached hydrogens (tertiary/aromatic N) is 1. The predicted molar refractivity (Wildman–Crippen MR) is 75.2 cm³/mol. The number of aryl methyl sites for hydroxylation is 1. The van der Waals surface area contributed by atoms with E-state index in [1.54, 1.807) is 7.11 Å². The molecule has 1 saturated carbocycles. The van der Waals surface area contributed by atoms with Gasteiger partial charge in [0.1, 0.15) is 11.6 Å². The van der Waals surface area contributed by atoms with E-state index in [0.717, 1.165) is 28.5 Å². The first-order valence-corrected chi connectivity index (χ1v) is 6.66. The summed E-state index contributed by atoms with van der Waals surface area (Å²) >= 11 is 0. The third-order valence-corrected chi connectivity index (χ3v) is 3.59. The van der Waals surface area contributed by atoms with Gasteiger partial charge in [-0.1, -0.05) is 11.6 Å². The zero-order valence-corrected chi connectivity index (χ0v) is 11.4. The van der Waals surface area contributed by atoms with Crippen LogP contribution in [-0.2, 0) is 6.54 Å². The molecule has 3 rings (SSSR count). The first kappa shape index (κ1) is 12.2. The van der Waals surface area contributed by atoms with Gasteiger partial charge in [-0.15, -0.1) is 0 Å². The highest BCUT2D eigenvalue weighted by atomic mass is 16.5. The molecule has 0 spiro atoms. The lowest BCUT2D eigenvalue weighted by molar-refractivity contribution is 0.416. The number of aromatic amines is 1. The van der Waals surface area contributed by atoms with E-state index in [-0.39, 0.29) is 0 Å². The van der Waals surface area contributed by atoms with Crippen molar-refractivity contribution < 1.29 is 4.74 Å². The van der Waals surface area contributed by atoms with Gasteiger partial charge in [0, 0.05) is 12.5 Å². The van der Waals surface area contributed by atoms with Crippen LogP contribution in [0.3, 0.4) is 0 Å². The molecule has 1 fully saturated rings. The first-order chi connectivity index (χ1) is 9.22. The largest absolute Gasteiger partial charge is 0.496 e. The SMILES string of the molecule is COc1ccc(C)cc1-c1nc(C2CC2)c(CN)[nH]1. The number of aromatic nitrogens is 2. The highest BCUT2D eigenvalue weighted by molar-refractivity contribution is 5.66. The molecule has 4 nitrogen and oxygen atoms in total. The maximum Gasteiger partial charge on any atom is 0.141 e. The number of nitrogens with one attached hydrogen (secondary N) is 1. The van der Waals surface area contributed by atoms with E-state index in [1.165, 1.54) is 18.4 Å². The van der Waals surface area contributed by atoms with Gasteiger partial charge < -0.3 is 15.5 Å². The van der Waals surface area contributed by atoms with Crippen molar-refractivity contribution in [3.05, 3.63) is 35.2 Å². The Labute approximate surface area is 113 Å². The molecular formula is C15H19N3O. The van der Waals surface area contributed by atoms with Crippen LogP contribution in [-0.4, -0.2) is 17.1 Å². The van der Waals surface area contributed by atoms with Crippen LogP contribution < -0.4 is 10.5 Å². The second-order valence-corrected chi connectivity index (χ2v) is 5.13. The molecule has 1 aliphatic rings. The van der Waals surface area contributed by atoms with Gasteiger partial charge in [-0.25, -0.2) is 4.98 Å². The molecule has 0 unspecified atom stereocenters. The lowest BCUT2D eigenvalue weighted by atomic mass is 10.1. The van der Waals surface area contributed by atoms with Crippen LogP contribution in [0, 0.1) is 6.92 Å². The fourth-order valence-corrected chi connectivity index (χ4v) is 2.41. The maximum absolute atomic E-state index is 5.81. The molecule has 1 aromatic heterocycles. The summed E-state index contributed by atoms with van der Waals surface area (Å²) in [5, 5.41) is 0. The second kappa shape index (κ2) is 4.70. The van der Waals surface area contributed by atoms with E-state index >= 15 is 0 Å². The first-order valence-electron chi connectivity index (χ1n) is 6.66. The van der Waals surface area contributed by atoms with Gasteiger partial charge in [-0.3, -0.25) is 0 Å². The summed E-state index contributed by atoms with van der Waals surface area (Å²) < 4.78 is 5.42. The molecule has 0 amide bonds. The van der Waals surface area contributed by atoms with E-state index in [4.69, 9.17) is 15.5 Å². The molecule has 0 saturated heterocycles. The van der Waals surface area contributed by atoms with E-state index < -0.39 is 0 Å². The van der Waals surface area contributed by atoms with Crippen molar-refractivity contribution in [1.29, 1.82) is 0 Å². The third-order valence-electron chi connectivity index (χ3n) is 3.59. The molecule has 1 heterocycles. The smallest absolute Gasteiger partial charge is 0.141 e. The summed E-state index contributed by atoms with van der Waals surface area (Å²) in [4.78, 5) is 8.10. The van der Waals surface area contributed by atoms with E-state index in [0.29, 0.717) is 12.5 Å². The monoisotopic (exact) mass is 257 g/mol. The van der Waals surface area contributed by atoms with Crippen molar-refractivity contribution in [2.24, 2.45) is 5.73 Å². The number of hydrogen-bond acceptors (Lipinski definition) is 3. The van der Waals surface area contributed by atoms with Crippen LogP contribution in [0.5, 0.6) is 5.75 Å². The fraction of sp³-hybridized carbons (Fsp3) is 0.400. The number of rotatable bonds is 4. The Morgan fingerprint density at radius 2 is 2.21 bits per heavy atom. The molecule has 0 atom stereocenters. The number of nitrogens with two attached hydrogens (primary N) is 1. The van der Waals surface area contributed by atoms with Crippen molar-refractivity contribution in [2.75, 3.05) is 7.11 Å². The van der Waals surface area contributed by atoms with Gasteiger partial charge >= 0.3 is 0 Å². The zero-order valence-electron chi connectivity index (χ0n) is 11.4. The molecule has 3 N–H and O–H groups in total. The van der Waals surface area contributed by atoms with Crippen LogP contribution in [0.15, 0.2) is 18.2 Å². The van der Waals surface area contributed by atoms with Crippen molar-refractivity contribution >= 4 is 0 Å². The van der Waals surface area contributed by atoms with Crippen LogP contribution in [0.1, 0.15) is 35.7 Å². The fourth-order valence-electron chi connectivity index (χ4n) is 2.41. The van der Waals surface area contributed by atoms with Crippen molar-refractivity contribution in [2.45, 2.75) is 32.2 Å². The molecule has 0 radical (unpaired) electrons. The number of ether oxygens (including phenoxy) is 1. The summed E-state index contributed by atoms with van der Waals surface area (Å²) in [6.45, 7) is 2.57. The minimum absolute atomic E-state index is 0.507. The Morgan fingerprint density at radius 3 is 2.84 bits per heavy atom. The van der Waals surface area contributed by atoms with Gasteiger partial charge in [-0.2, -0.15) is 0 Å². The van der Waals surface area contributed by atoms with Crippen LogP contribution in [0.25, 0.3) is 11.4 Å². The van der Waals surface area contributed by atoms with Gasteiger partial charge in [0.05, 0.1) is 24.1 Å². The normalized spacial score (nSPS) is 14.7. The molecule has 0 aliphatic heterocycles. The molecule has 4 heteroatoms. The quantitative estimate of drug-likeness (QED) is 0.885. The predicted octanol–water partition coefficient (Wildman–Crippen LogP) is 2.73. The van der Waals surface area contributed by atoms with Crippen molar-refractivity contribution in [3.63, 3.8) is 0 Å². The molecule has 1 aliphatic carbocycles. The highest BCUT2D eigenvalue weighted by Crippen LogP contribution is 2.42. The Bertz CT molecular complexity index is 599. The number of H-pyrrole nitrogens is 1. The second-order valence-electron chi connectivity index (χ2n) is 5.13. The summed E-state index contributed by atoms with van der Waals surface area (Å²) in [5.41, 5.74) is 10.2. The Kier molecular flexibility index (Phi) is 3.03. The average molecular weight is 257 g/mol. The number of benzene rings is 1. The summed E-state index contributed by atoms with van der Waals surface area (Å²) in [7, 11) is 1.68. The van der Waals surface area contributed by atoms with Gasteiger partial charge in [-0.05, 0) is 31.9 Å². The summed E-state index contributed by atoms with van der Waals surface area (Å²) in [6, 6.07) is 6.11. The topological polar surface area (TPSA) is 63.9 Å². The lowest BCUT2D eigenvalue weighted by Crippen LogP contribution is -2.00. The van der Waals surface area contributed by atoms with Crippen molar-refractivity contribution in [1.82, 2.24) is 9.97 Å². The number of hydrogen-bond donors (Lipinski definition) is 2. The van der Waals surface area contributed by atoms with Crippen molar-refractivity contribution in [3.8, 4) is 17.1 Å². The molecule has 100 valence electrons. The molecule has 0 bridgehead atoms. The van der Waals surface area contributed by atoms with Crippen LogP contribution in [0.2, 0.25) is 0 Å². The van der Waals surface area contributed by atoms with Gasteiger partial charge in [0.15, 0.2) is 0 Å². The maximum atomic E-state index is 5.81. The molecule has 19 heavy (non-hydrogen) atoms. The lowest BCUT2D eigenvalue weighted by Gasteiger charge is -2.06. The van der Waals surface area contributed by atoms with Gasteiger partial charge in [0.2, 0.25) is 0 Å². The average Bonchev–Trinajstić information content (AvgIpc) is 3.18. The Morgan fingerprint density at radius 1 is 1.42 bits per heavy atom. The molecule has 1 aromatic carbocycles. The number of imidazole rings is 1. The minimum atomic E-state index is 0.507. The summed E-state index contributed by atoms with van der Waals surface area (Å²) in [5.74, 6) is 2.30. The van der Waals surface area contributed by atoms with E-state index in [2.05, 4.69) is 18.0 Å². The highest BCUT2D eigenvalue weighted by Gasteiger charge is 2.29. The van der Waals surface area contributed by atoms with E-state index in [1.807, 2.05) is 12.1 Å². The zero-order chi connectivity index (χ0) is 13.4. The standard InChI is InChI=1S/C15H19N3O/c1-9-3-6-13(19-2)11(7-9)15-17-12(8-16)14(18-15)10-4-5-10/h3,6-7,10H,4-5,8,16H2,1-2H3,(H,17,18). The Hall–Kier alpha value is -1.81. The third kappa shape index (κ3) is 2.24. The van der Waals surface area contributed by atoms with Crippen LogP contribution in [0.4, 0.5) is 0 Å². The molecule has 2 aromatic rings. The minimum Gasteiger partial charge on any atom is -0.496 e.